The van der Waals surface area contributed by atoms with Crippen molar-refractivity contribution < 1.29 is 14.7 Å². The van der Waals surface area contributed by atoms with E-state index >= 15 is 0 Å². The standard InChI is InChI=1S/C12H12N2O3/c15-10-6-14(7-4-5-7)11-8(12(16)17)2-1-3-9(11)13-10/h1-3,7H,4-6H2,(H,13,15)(H,16,17). The van der Waals surface area contributed by atoms with Crippen molar-refractivity contribution in [3.8, 4) is 0 Å². The third-order valence-corrected chi connectivity index (χ3v) is 3.13. The average Bonchev–Trinajstić information content (AvgIpc) is 3.10. The summed E-state index contributed by atoms with van der Waals surface area (Å²) in [7, 11) is 0. The van der Waals surface area contributed by atoms with Crippen molar-refractivity contribution in [3.05, 3.63) is 23.8 Å². The molecule has 0 unspecified atom stereocenters. The predicted octanol–water partition coefficient (Wildman–Crippen LogP) is 1.31. The summed E-state index contributed by atoms with van der Waals surface area (Å²) in [6.45, 7) is 0.252. The topological polar surface area (TPSA) is 69.6 Å². The number of carbonyl (C=O) groups is 2. The van der Waals surface area contributed by atoms with Gasteiger partial charge in [0.15, 0.2) is 0 Å². The first-order valence-electron chi connectivity index (χ1n) is 5.59. The van der Waals surface area contributed by atoms with Crippen molar-refractivity contribution >= 4 is 23.3 Å². The van der Waals surface area contributed by atoms with Crippen LogP contribution in [0.3, 0.4) is 0 Å². The molecule has 0 radical (unpaired) electrons. The van der Waals surface area contributed by atoms with Gasteiger partial charge in [0.2, 0.25) is 5.91 Å². The van der Waals surface area contributed by atoms with Crippen molar-refractivity contribution in [2.45, 2.75) is 18.9 Å². The minimum atomic E-state index is -0.955. The lowest BCUT2D eigenvalue weighted by atomic mass is 10.1. The number of fused-ring (bicyclic) bond motifs is 1. The number of nitrogens with one attached hydrogen (secondary N) is 1. The quantitative estimate of drug-likeness (QED) is 0.806. The molecule has 0 atom stereocenters. The van der Waals surface area contributed by atoms with Gasteiger partial charge < -0.3 is 15.3 Å². The number of carboxylic acids is 1. The fourth-order valence-electron chi connectivity index (χ4n) is 2.25. The molecule has 1 aromatic carbocycles. The fourth-order valence-corrected chi connectivity index (χ4v) is 2.25. The first-order chi connectivity index (χ1) is 8.16. The zero-order valence-electron chi connectivity index (χ0n) is 9.14. The molecule has 1 heterocycles. The highest BCUT2D eigenvalue weighted by Crippen LogP contribution is 2.40. The number of hydrogen-bond donors (Lipinski definition) is 2. The second-order valence-electron chi connectivity index (χ2n) is 4.41. The maximum Gasteiger partial charge on any atom is 0.337 e. The minimum Gasteiger partial charge on any atom is -0.478 e. The Morgan fingerprint density at radius 3 is 2.82 bits per heavy atom. The van der Waals surface area contributed by atoms with E-state index in [9.17, 15) is 14.7 Å². The van der Waals surface area contributed by atoms with E-state index in [4.69, 9.17) is 0 Å². The molecule has 2 N–H and O–H groups in total. The molecule has 0 spiro atoms. The van der Waals surface area contributed by atoms with Gasteiger partial charge >= 0.3 is 5.97 Å². The molecule has 3 rings (SSSR count). The Balaban J connectivity index is 2.14. The molecule has 0 aromatic heterocycles. The maximum atomic E-state index is 11.5. The third kappa shape index (κ3) is 1.63. The Labute approximate surface area is 98.0 Å². The number of rotatable bonds is 2. The van der Waals surface area contributed by atoms with Crippen LogP contribution in [0.25, 0.3) is 0 Å². The van der Waals surface area contributed by atoms with Crippen LogP contribution in [0.1, 0.15) is 23.2 Å². The third-order valence-electron chi connectivity index (χ3n) is 3.13. The van der Waals surface area contributed by atoms with Gasteiger partial charge in [-0.05, 0) is 25.0 Å². The zero-order chi connectivity index (χ0) is 12.0. The van der Waals surface area contributed by atoms with E-state index in [-0.39, 0.29) is 18.0 Å². The smallest absolute Gasteiger partial charge is 0.337 e. The molecule has 0 saturated heterocycles. The van der Waals surface area contributed by atoms with Gasteiger partial charge in [0.1, 0.15) is 0 Å². The molecule has 1 aliphatic carbocycles. The summed E-state index contributed by atoms with van der Waals surface area (Å²) in [6.07, 6.45) is 2.06. The second-order valence-corrected chi connectivity index (χ2v) is 4.41. The summed E-state index contributed by atoms with van der Waals surface area (Å²) in [4.78, 5) is 24.7. The second kappa shape index (κ2) is 3.48. The van der Waals surface area contributed by atoms with Gasteiger partial charge in [-0.15, -0.1) is 0 Å². The molecular formula is C12H12N2O3. The lowest BCUT2D eigenvalue weighted by Crippen LogP contribution is -2.40. The van der Waals surface area contributed by atoms with Gasteiger partial charge in [0.25, 0.3) is 0 Å². The SMILES string of the molecule is O=C1CN(C2CC2)c2c(cccc2C(=O)O)N1. The lowest BCUT2D eigenvalue weighted by Gasteiger charge is -2.32. The van der Waals surface area contributed by atoms with E-state index in [1.165, 1.54) is 0 Å². The van der Waals surface area contributed by atoms with E-state index in [2.05, 4.69) is 5.32 Å². The molecule has 5 heteroatoms. The molecule has 88 valence electrons. The summed E-state index contributed by atoms with van der Waals surface area (Å²) in [5, 5.41) is 11.9. The molecule has 2 aliphatic rings. The molecule has 1 aliphatic heterocycles. The summed E-state index contributed by atoms with van der Waals surface area (Å²) >= 11 is 0. The van der Waals surface area contributed by atoms with Gasteiger partial charge in [0.05, 0.1) is 23.5 Å². The number of benzene rings is 1. The maximum absolute atomic E-state index is 11.5. The number of aromatic carboxylic acids is 1. The number of para-hydroxylation sites is 1. The van der Waals surface area contributed by atoms with E-state index in [1.807, 2.05) is 4.90 Å². The number of hydrogen-bond acceptors (Lipinski definition) is 3. The lowest BCUT2D eigenvalue weighted by molar-refractivity contribution is -0.115. The van der Waals surface area contributed by atoms with Crippen molar-refractivity contribution in [1.82, 2.24) is 0 Å². The van der Waals surface area contributed by atoms with Crippen LogP contribution < -0.4 is 10.2 Å². The van der Waals surface area contributed by atoms with Crippen LogP contribution in [0.5, 0.6) is 0 Å². The largest absolute Gasteiger partial charge is 0.478 e. The van der Waals surface area contributed by atoms with Crippen LogP contribution >= 0.6 is 0 Å². The number of anilines is 2. The highest BCUT2D eigenvalue weighted by molar-refractivity contribution is 6.07. The Morgan fingerprint density at radius 2 is 2.18 bits per heavy atom. The van der Waals surface area contributed by atoms with Gasteiger partial charge in [-0.3, -0.25) is 4.79 Å². The van der Waals surface area contributed by atoms with Crippen molar-refractivity contribution in [2.75, 3.05) is 16.8 Å². The Hall–Kier alpha value is -2.04. The highest BCUT2D eigenvalue weighted by atomic mass is 16.4. The summed E-state index contributed by atoms with van der Waals surface area (Å²) in [5.74, 6) is -1.03. The Bertz CT molecular complexity index is 508. The van der Waals surface area contributed by atoms with Crippen LogP contribution in [0.2, 0.25) is 0 Å². The van der Waals surface area contributed by atoms with Crippen molar-refractivity contribution in [3.63, 3.8) is 0 Å². The first kappa shape index (κ1) is 10.1. The minimum absolute atomic E-state index is 0.0769. The molecule has 1 fully saturated rings. The number of amides is 1. The van der Waals surface area contributed by atoms with E-state index < -0.39 is 5.97 Å². The molecule has 5 nitrogen and oxygen atoms in total. The normalized spacial score (nSPS) is 18.6. The zero-order valence-corrected chi connectivity index (χ0v) is 9.14. The van der Waals surface area contributed by atoms with Crippen LogP contribution in [0, 0.1) is 0 Å². The Kier molecular flexibility index (Phi) is 2.07. The van der Waals surface area contributed by atoms with Crippen molar-refractivity contribution in [1.29, 1.82) is 0 Å². The summed E-state index contributed by atoms with van der Waals surface area (Å²) in [5.41, 5.74) is 1.52. The predicted molar refractivity (Wildman–Crippen MR) is 62.4 cm³/mol. The summed E-state index contributed by atoms with van der Waals surface area (Å²) < 4.78 is 0. The van der Waals surface area contributed by atoms with E-state index in [0.29, 0.717) is 17.4 Å². The molecule has 17 heavy (non-hydrogen) atoms. The van der Waals surface area contributed by atoms with Gasteiger partial charge in [-0.2, -0.15) is 0 Å². The van der Waals surface area contributed by atoms with Gasteiger partial charge in [0, 0.05) is 6.04 Å². The number of nitrogens with zero attached hydrogens (tertiary/aromatic N) is 1. The van der Waals surface area contributed by atoms with Crippen molar-refractivity contribution in [2.24, 2.45) is 0 Å². The molecule has 1 aromatic rings. The molecule has 0 bridgehead atoms. The molecule has 1 saturated carbocycles. The van der Waals surface area contributed by atoms with Crippen LogP contribution in [0.15, 0.2) is 18.2 Å². The van der Waals surface area contributed by atoms with Crippen LogP contribution in [-0.4, -0.2) is 29.6 Å². The monoisotopic (exact) mass is 232 g/mol. The Morgan fingerprint density at radius 1 is 1.41 bits per heavy atom. The molecular weight excluding hydrogens is 220 g/mol. The number of carbonyl (C=O) groups excluding carboxylic acids is 1. The van der Waals surface area contributed by atoms with Crippen LogP contribution in [0.4, 0.5) is 11.4 Å². The van der Waals surface area contributed by atoms with Gasteiger partial charge in [-0.25, -0.2) is 4.79 Å². The van der Waals surface area contributed by atoms with E-state index in [0.717, 1.165) is 12.8 Å². The number of carboxylic acid groups (broad SMARTS) is 1. The van der Waals surface area contributed by atoms with Gasteiger partial charge in [-0.1, -0.05) is 6.07 Å². The van der Waals surface area contributed by atoms with E-state index in [1.54, 1.807) is 18.2 Å². The van der Waals surface area contributed by atoms with Crippen LogP contribution in [-0.2, 0) is 4.79 Å². The fraction of sp³-hybridized carbons (Fsp3) is 0.333. The average molecular weight is 232 g/mol. The summed E-state index contributed by atoms with van der Waals surface area (Å²) in [6, 6.07) is 5.29. The molecule has 1 amide bonds. The highest BCUT2D eigenvalue weighted by Gasteiger charge is 2.36. The first-order valence-corrected chi connectivity index (χ1v) is 5.59.